The number of rotatable bonds is 0. The van der Waals surface area contributed by atoms with Crippen LogP contribution in [0.5, 0.6) is 0 Å². The van der Waals surface area contributed by atoms with Crippen LogP contribution in [0.15, 0.2) is 21.2 Å². The largest absolute Gasteiger partial charge is 0.256 e. The summed E-state index contributed by atoms with van der Waals surface area (Å²) in [5.41, 5.74) is 2.93. The third-order valence-corrected chi connectivity index (χ3v) is 4.04. The Morgan fingerprint density at radius 1 is 1.21 bits per heavy atom. The zero-order chi connectivity index (χ0) is 10.3. The van der Waals surface area contributed by atoms with Crippen molar-refractivity contribution in [3.8, 4) is 0 Å². The lowest BCUT2D eigenvalue weighted by Gasteiger charge is -2.05. The number of pyridine rings is 2. The molecule has 72 valence electrons. The van der Waals surface area contributed by atoms with Crippen molar-refractivity contribution >= 4 is 42.8 Å². The van der Waals surface area contributed by atoms with Gasteiger partial charge >= 0.3 is 0 Å². The molecule has 0 unspecified atom stereocenters. The summed E-state index contributed by atoms with van der Waals surface area (Å²) in [5.74, 6) is 0. The van der Waals surface area contributed by atoms with Crippen molar-refractivity contribution in [1.29, 1.82) is 0 Å². The van der Waals surface area contributed by atoms with E-state index in [9.17, 15) is 0 Å². The Hall–Kier alpha value is -0.480. The van der Waals surface area contributed by atoms with Crippen LogP contribution < -0.4 is 0 Å². The Labute approximate surface area is 99.0 Å². The van der Waals surface area contributed by atoms with Gasteiger partial charge in [0.1, 0.15) is 0 Å². The third kappa shape index (κ3) is 1.57. The fourth-order valence-corrected chi connectivity index (χ4v) is 2.18. The van der Waals surface area contributed by atoms with Crippen LogP contribution in [-0.2, 0) is 0 Å². The Kier molecular flexibility index (Phi) is 2.58. The quantitative estimate of drug-likeness (QED) is 0.739. The van der Waals surface area contributed by atoms with Gasteiger partial charge in [-0.15, -0.1) is 0 Å². The van der Waals surface area contributed by atoms with Gasteiger partial charge in [0.05, 0.1) is 15.7 Å². The van der Waals surface area contributed by atoms with Crippen LogP contribution in [0.1, 0.15) is 11.4 Å². The van der Waals surface area contributed by atoms with E-state index in [0.29, 0.717) is 0 Å². The molecule has 2 aromatic rings. The van der Waals surface area contributed by atoms with Gasteiger partial charge in [0, 0.05) is 21.7 Å². The van der Waals surface area contributed by atoms with Gasteiger partial charge in [-0.05, 0) is 51.8 Å². The first-order chi connectivity index (χ1) is 6.59. The fraction of sp³-hybridized carbons (Fsp3) is 0.200. The highest BCUT2D eigenvalue weighted by Crippen LogP contribution is 2.30. The maximum absolute atomic E-state index is 4.37. The van der Waals surface area contributed by atoms with Crippen LogP contribution in [0, 0.1) is 13.8 Å². The fourth-order valence-electron chi connectivity index (χ4n) is 1.46. The van der Waals surface area contributed by atoms with Crippen molar-refractivity contribution in [2.45, 2.75) is 13.8 Å². The average molecular weight is 316 g/mol. The number of hydrogen-bond donors (Lipinski definition) is 0. The molecule has 0 aliphatic carbocycles. The molecular formula is C10H8Br2N2. The van der Waals surface area contributed by atoms with Crippen LogP contribution >= 0.6 is 31.9 Å². The normalized spacial score (nSPS) is 10.9. The molecule has 0 spiro atoms. The lowest BCUT2D eigenvalue weighted by molar-refractivity contribution is 1.13. The van der Waals surface area contributed by atoms with E-state index in [0.717, 1.165) is 31.2 Å². The molecule has 0 fully saturated rings. The molecule has 0 atom stereocenters. The van der Waals surface area contributed by atoms with Crippen LogP contribution in [0.2, 0.25) is 0 Å². The summed E-state index contributed by atoms with van der Waals surface area (Å²) in [4.78, 5) is 8.72. The monoisotopic (exact) mass is 314 g/mol. The number of nitrogens with zero attached hydrogens (tertiary/aromatic N) is 2. The summed E-state index contributed by atoms with van der Waals surface area (Å²) in [6.45, 7) is 3.96. The van der Waals surface area contributed by atoms with Crippen molar-refractivity contribution < 1.29 is 0 Å². The van der Waals surface area contributed by atoms with E-state index in [1.54, 1.807) is 6.20 Å². The van der Waals surface area contributed by atoms with Crippen LogP contribution in [0.3, 0.4) is 0 Å². The van der Waals surface area contributed by atoms with Gasteiger partial charge in [0.2, 0.25) is 0 Å². The van der Waals surface area contributed by atoms with Gasteiger partial charge in [0.15, 0.2) is 0 Å². The van der Waals surface area contributed by atoms with Gasteiger partial charge in [0.25, 0.3) is 0 Å². The third-order valence-electron chi connectivity index (χ3n) is 2.05. The van der Waals surface area contributed by atoms with E-state index < -0.39 is 0 Å². The lowest BCUT2D eigenvalue weighted by atomic mass is 10.2. The molecular weight excluding hydrogens is 308 g/mol. The number of aryl methyl sites for hydroxylation is 2. The molecule has 0 bridgehead atoms. The number of fused-ring (bicyclic) bond motifs is 1. The van der Waals surface area contributed by atoms with Crippen molar-refractivity contribution in [1.82, 2.24) is 9.97 Å². The second kappa shape index (κ2) is 3.59. The number of halogens is 2. The summed E-state index contributed by atoms with van der Waals surface area (Å²) >= 11 is 6.97. The molecule has 0 radical (unpaired) electrons. The second-order valence-corrected chi connectivity index (χ2v) is 4.81. The lowest BCUT2D eigenvalue weighted by Crippen LogP contribution is -1.91. The Bertz CT molecular complexity index is 509. The van der Waals surface area contributed by atoms with E-state index in [4.69, 9.17) is 0 Å². The molecule has 0 saturated heterocycles. The van der Waals surface area contributed by atoms with E-state index in [2.05, 4.69) is 41.8 Å². The van der Waals surface area contributed by atoms with Gasteiger partial charge in [-0.3, -0.25) is 9.97 Å². The average Bonchev–Trinajstić information content (AvgIpc) is 2.12. The predicted molar refractivity (Wildman–Crippen MR) is 64.4 cm³/mol. The molecule has 0 saturated carbocycles. The summed E-state index contributed by atoms with van der Waals surface area (Å²) in [6.07, 6.45) is 1.79. The molecule has 0 aromatic carbocycles. The Balaban J connectivity index is 2.95. The highest BCUT2D eigenvalue weighted by atomic mass is 79.9. The van der Waals surface area contributed by atoms with E-state index in [1.807, 2.05) is 19.9 Å². The molecule has 0 amide bonds. The topological polar surface area (TPSA) is 25.8 Å². The second-order valence-electron chi connectivity index (χ2n) is 3.17. The van der Waals surface area contributed by atoms with Gasteiger partial charge in [-0.25, -0.2) is 0 Å². The molecule has 0 N–H and O–H groups in total. The minimum Gasteiger partial charge on any atom is -0.256 e. The Morgan fingerprint density at radius 3 is 2.64 bits per heavy atom. The minimum atomic E-state index is 0.950. The van der Waals surface area contributed by atoms with Crippen molar-refractivity contribution in [3.63, 3.8) is 0 Å². The molecule has 4 heteroatoms. The molecule has 2 aromatic heterocycles. The predicted octanol–water partition coefficient (Wildman–Crippen LogP) is 3.77. The zero-order valence-corrected chi connectivity index (χ0v) is 11.0. The first kappa shape index (κ1) is 10.1. The molecule has 2 heterocycles. The summed E-state index contributed by atoms with van der Waals surface area (Å²) in [7, 11) is 0. The maximum atomic E-state index is 4.37. The molecule has 14 heavy (non-hydrogen) atoms. The molecule has 2 rings (SSSR count). The number of aromatic nitrogens is 2. The smallest absolute Gasteiger partial charge is 0.0926 e. The molecule has 0 aliphatic heterocycles. The van der Waals surface area contributed by atoms with Gasteiger partial charge in [-0.1, -0.05) is 0 Å². The zero-order valence-electron chi connectivity index (χ0n) is 7.81. The van der Waals surface area contributed by atoms with E-state index >= 15 is 0 Å². The number of hydrogen-bond acceptors (Lipinski definition) is 2. The van der Waals surface area contributed by atoms with Gasteiger partial charge in [-0.2, -0.15) is 0 Å². The maximum Gasteiger partial charge on any atom is 0.0926 e. The first-order valence-electron chi connectivity index (χ1n) is 4.17. The minimum absolute atomic E-state index is 0.950. The van der Waals surface area contributed by atoms with E-state index in [-0.39, 0.29) is 0 Å². The first-order valence-corrected chi connectivity index (χ1v) is 5.76. The highest BCUT2D eigenvalue weighted by molar-refractivity contribution is 9.13. The van der Waals surface area contributed by atoms with Crippen molar-refractivity contribution in [3.05, 3.63) is 32.6 Å². The SMILES string of the molecule is Cc1cc2c(Br)c(Br)cnc2c(C)n1. The summed E-state index contributed by atoms with van der Waals surface area (Å²) in [5, 5.41) is 1.10. The van der Waals surface area contributed by atoms with Crippen molar-refractivity contribution in [2.24, 2.45) is 0 Å². The summed E-state index contributed by atoms with van der Waals surface area (Å²) in [6, 6.07) is 2.03. The van der Waals surface area contributed by atoms with Crippen LogP contribution in [-0.4, -0.2) is 9.97 Å². The molecule has 2 nitrogen and oxygen atoms in total. The standard InChI is InChI=1S/C10H8Br2N2/c1-5-3-7-9(12)8(11)4-13-10(7)6(2)14-5/h3-4H,1-2H3. The van der Waals surface area contributed by atoms with Crippen LogP contribution in [0.4, 0.5) is 0 Å². The van der Waals surface area contributed by atoms with E-state index in [1.165, 1.54) is 0 Å². The highest BCUT2D eigenvalue weighted by Gasteiger charge is 2.07. The van der Waals surface area contributed by atoms with Crippen LogP contribution in [0.25, 0.3) is 10.9 Å². The Morgan fingerprint density at radius 2 is 1.93 bits per heavy atom. The molecule has 0 aliphatic rings. The van der Waals surface area contributed by atoms with Gasteiger partial charge < -0.3 is 0 Å². The van der Waals surface area contributed by atoms with Crippen molar-refractivity contribution in [2.75, 3.05) is 0 Å². The summed E-state index contributed by atoms with van der Waals surface area (Å²) < 4.78 is 2.01.